The van der Waals surface area contributed by atoms with E-state index in [1.54, 1.807) is 0 Å². The molecule has 42 heavy (non-hydrogen) atoms. The number of amidine groups is 1. The van der Waals surface area contributed by atoms with Crippen molar-refractivity contribution in [2.24, 2.45) is 16.3 Å². The fourth-order valence-electron chi connectivity index (χ4n) is 6.83. The van der Waals surface area contributed by atoms with Crippen LogP contribution in [-0.2, 0) is 27.5 Å². The molecule has 0 aromatic heterocycles. The molecule has 0 unspecified atom stereocenters. The second kappa shape index (κ2) is 10.0. The van der Waals surface area contributed by atoms with Crippen molar-refractivity contribution >= 4 is 21.8 Å². The largest absolute Gasteiger partial charge is 0.416 e. The molecular formula is C30H34F4N4O3S. The molecule has 0 saturated heterocycles. The number of benzene rings is 2. The smallest absolute Gasteiger partial charge is 0.358 e. The van der Waals surface area contributed by atoms with Gasteiger partial charge in [0.15, 0.2) is 0 Å². The van der Waals surface area contributed by atoms with Crippen LogP contribution in [0.2, 0.25) is 0 Å². The Hall–Kier alpha value is -2.99. The highest BCUT2D eigenvalue weighted by atomic mass is 32.2. The number of rotatable bonds is 10. The fourth-order valence-corrected chi connectivity index (χ4v) is 8.59. The van der Waals surface area contributed by atoms with Crippen LogP contribution in [0.15, 0.2) is 58.4 Å². The van der Waals surface area contributed by atoms with E-state index in [2.05, 4.69) is 15.6 Å². The summed E-state index contributed by atoms with van der Waals surface area (Å²) in [5.74, 6) is 0.711. The molecule has 7 rings (SSSR count). The zero-order valence-corrected chi connectivity index (χ0v) is 24.1. The monoisotopic (exact) mass is 606 g/mol. The number of alkyl halides is 3. The Morgan fingerprint density at radius 2 is 1.71 bits per heavy atom. The summed E-state index contributed by atoms with van der Waals surface area (Å²) in [6, 6.07) is 8.99. The molecule has 0 spiro atoms. The maximum Gasteiger partial charge on any atom is 0.416 e. The van der Waals surface area contributed by atoms with Gasteiger partial charge >= 0.3 is 6.18 Å². The van der Waals surface area contributed by atoms with Crippen LogP contribution in [0.3, 0.4) is 0 Å². The summed E-state index contributed by atoms with van der Waals surface area (Å²) < 4.78 is 82.0. The molecule has 226 valence electrons. The Kier molecular flexibility index (Phi) is 6.96. The van der Waals surface area contributed by atoms with Gasteiger partial charge in [0.25, 0.3) is 0 Å². The predicted octanol–water partition coefficient (Wildman–Crippen LogP) is 5.02. The predicted molar refractivity (Wildman–Crippen MR) is 148 cm³/mol. The molecule has 7 nitrogen and oxygen atoms in total. The second-order valence-corrected chi connectivity index (χ2v) is 14.5. The van der Waals surface area contributed by atoms with Crippen LogP contribution < -0.4 is 10.6 Å². The van der Waals surface area contributed by atoms with Crippen molar-refractivity contribution in [3.8, 4) is 0 Å². The van der Waals surface area contributed by atoms with E-state index in [1.165, 1.54) is 47.8 Å². The zero-order chi connectivity index (χ0) is 30.0. The number of carbonyl (C=O) groups is 1. The van der Waals surface area contributed by atoms with Crippen molar-refractivity contribution in [2.75, 3.05) is 13.1 Å². The van der Waals surface area contributed by atoms with Crippen LogP contribution in [0, 0.1) is 17.2 Å². The van der Waals surface area contributed by atoms with E-state index in [-0.39, 0.29) is 29.3 Å². The number of hydrogen-bond donors (Lipinski definition) is 2. The van der Waals surface area contributed by atoms with Crippen molar-refractivity contribution in [1.82, 2.24) is 14.9 Å². The van der Waals surface area contributed by atoms with E-state index in [9.17, 15) is 30.8 Å². The summed E-state index contributed by atoms with van der Waals surface area (Å²) in [6.45, 7) is 2.61. The highest BCUT2D eigenvalue weighted by molar-refractivity contribution is 7.89. The van der Waals surface area contributed by atoms with Gasteiger partial charge in [0.05, 0.1) is 17.0 Å². The maximum atomic E-state index is 13.9. The standard InChI is InChI=1S/C30H34F4N4O3S/c1-27(26(39)35-14-13-20-3-2-4-20)19-36-25(37-27)28-16-29(17-28,18-28)38(42(40,41)24-11-9-23(31)10-12-24)15-21-5-7-22(8-6-21)30(32,33)34/h5-12,20H,2-4,13-19H2,1H3,(H,35,39)(H,36,37)/t27-,28?,29?/m1/s1. The first-order chi connectivity index (χ1) is 19.7. The van der Waals surface area contributed by atoms with Crippen LogP contribution in [0.1, 0.15) is 63.0 Å². The third kappa shape index (κ3) is 5.00. The molecule has 2 aromatic rings. The lowest BCUT2D eigenvalue weighted by Crippen LogP contribution is -2.79. The number of nitrogens with one attached hydrogen (secondary N) is 2. The third-order valence-electron chi connectivity index (χ3n) is 9.55. The second-order valence-electron chi connectivity index (χ2n) is 12.7. The van der Waals surface area contributed by atoms with Gasteiger partial charge in [0, 0.05) is 24.0 Å². The van der Waals surface area contributed by atoms with Gasteiger partial charge in [-0.05, 0) is 80.5 Å². The van der Waals surface area contributed by atoms with Crippen LogP contribution in [-0.4, -0.2) is 48.6 Å². The molecule has 0 radical (unpaired) electrons. The zero-order valence-electron chi connectivity index (χ0n) is 23.3. The number of nitrogens with zero attached hydrogens (tertiary/aromatic N) is 2. The summed E-state index contributed by atoms with van der Waals surface area (Å²) in [7, 11) is -4.12. The summed E-state index contributed by atoms with van der Waals surface area (Å²) >= 11 is 0. The first-order valence-corrected chi connectivity index (χ1v) is 15.7. The number of carbonyl (C=O) groups excluding carboxylic acids is 1. The number of hydrogen-bond acceptors (Lipinski definition) is 5. The van der Waals surface area contributed by atoms with E-state index >= 15 is 0 Å². The number of halogens is 4. The molecule has 1 heterocycles. The lowest BCUT2D eigenvalue weighted by Gasteiger charge is -2.73. The Bertz CT molecular complexity index is 1480. The van der Waals surface area contributed by atoms with Gasteiger partial charge in [0.1, 0.15) is 17.2 Å². The van der Waals surface area contributed by atoms with Crippen LogP contribution >= 0.6 is 0 Å². The first kappa shape index (κ1) is 29.1. The minimum Gasteiger partial charge on any atom is -0.358 e. The lowest BCUT2D eigenvalue weighted by molar-refractivity contribution is -0.151. The SMILES string of the molecule is C[C@]1(C(=O)NCCC2CCC2)CN=C(C23CC(N(Cc4ccc(C(F)(F)F)cc4)S(=O)(=O)c4ccc(F)cc4)(C2)C3)N1. The Morgan fingerprint density at radius 1 is 1.07 bits per heavy atom. The minimum absolute atomic E-state index is 0.0861. The normalized spacial score (nSPS) is 28.8. The number of aliphatic imine (C=N–C) groups is 1. The average Bonchev–Trinajstić information content (AvgIpc) is 3.26. The summed E-state index contributed by atoms with van der Waals surface area (Å²) in [5, 5.41) is 6.37. The summed E-state index contributed by atoms with van der Waals surface area (Å²) in [6.07, 6.45) is 1.55. The van der Waals surface area contributed by atoms with Crippen molar-refractivity contribution in [1.29, 1.82) is 0 Å². The van der Waals surface area contributed by atoms with E-state index in [1.807, 2.05) is 6.92 Å². The van der Waals surface area contributed by atoms with E-state index in [0.29, 0.717) is 43.1 Å². The van der Waals surface area contributed by atoms with Crippen molar-refractivity contribution < 1.29 is 30.8 Å². The molecule has 12 heteroatoms. The maximum absolute atomic E-state index is 13.9. The topological polar surface area (TPSA) is 90.9 Å². The Labute approximate surface area is 242 Å². The number of amides is 1. The van der Waals surface area contributed by atoms with Crippen LogP contribution in [0.25, 0.3) is 0 Å². The molecular weight excluding hydrogens is 572 g/mol. The highest BCUT2D eigenvalue weighted by Crippen LogP contribution is 2.71. The van der Waals surface area contributed by atoms with Gasteiger partial charge in [-0.25, -0.2) is 12.8 Å². The van der Waals surface area contributed by atoms with Gasteiger partial charge in [0.2, 0.25) is 15.9 Å². The molecule has 4 aliphatic carbocycles. The van der Waals surface area contributed by atoms with Crippen molar-refractivity contribution in [2.45, 2.75) is 80.6 Å². The van der Waals surface area contributed by atoms with Crippen LogP contribution in [0.5, 0.6) is 0 Å². The minimum atomic E-state index is -4.50. The molecule has 2 bridgehead atoms. The Balaban J connectivity index is 1.17. The molecule has 2 N–H and O–H groups in total. The first-order valence-electron chi connectivity index (χ1n) is 14.3. The molecule has 4 saturated carbocycles. The average molecular weight is 607 g/mol. The Morgan fingerprint density at radius 3 is 2.29 bits per heavy atom. The van der Waals surface area contributed by atoms with Gasteiger partial charge in [-0.15, -0.1) is 0 Å². The molecule has 4 fully saturated rings. The van der Waals surface area contributed by atoms with Gasteiger partial charge in [-0.1, -0.05) is 31.4 Å². The molecule has 1 aliphatic heterocycles. The van der Waals surface area contributed by atoms with Gasteiger partial charge in [-0.2, -0.15) is 17.5 Å². The quantitative estimate of drug-likeness (QED) is 0.372. The van der Waals surface area contributed by atoms with Gasteiger partial charge < -0.3 is 10.6 Å². The summed E-state index contributed by atoms with van der Waals surface area (Å²) in [5.41, 5.74) is -2.43. The van der Waals surface area contributed by atoms with E-state index in [4.69, 9.17) is 0 Å². The van der Waals surface area contributed by atoms with Crippen LogP contribution in [0.4, 0.5) is 17.6 Å². The highest BCUT2D eigenvalue weighted by Gasteiger charge is 2.75. The molecule has 2 aromatic carbocycles. The molecule has 1 amide bonds. The van der Waals surface area contributed by atoms with E-state index in [0.717, 1.165) is 30.7 Å². The van der Waals surface area contributed by atoms with E-state index < -0.39 is 38.7 Å². The third-order valence-corrected chi connectivity index (χ3v) is 11.5. The van der Waals surface area contributed by atoms with Gasteiger partial charge in [-0.3, -0.25) is 9.79 Å². The fraction of sp³-hybridized carbons (Fsp3) is 0.533. The lowest BCUT2D eigenvalue weighted by atomic mass is 9.38. The molecule has 5 aliphatic rings. The van der Waals surface area contributed by atoms with Crippen molar-refractivity contribution in [3.05, 3.63) is 65.5 Å². The summed E-state index contributed by atoms with van der Waals surface area (Å²) in [4.78, 5) is 17.6. The molecule has 1 atom stereocenters. The van der Waals surface area contributed by atoms with Crippen molar-refractivity contribution in [3.63, 3.8) is 0 Å². The number of sulfonamides is 1.